The van der Waals surface area contributed by atoms with E-state index in [1.54, 1.807) is 13.2 Å². The Morgan fingerprint density at radius 3 is 2.83 bits per heavy atom. The number of carbonyl (C=O) groups is 1. The van der Waals surface area contributed by atoms with Gasteiger partial charge in [-0.3, -0.25) is 9.69 Å². The number of hydrogen-bond donors (Lipinski definition) is 2. The maximum absolute atomic E-state index is 11.9. The van der Waals surface area contributed by atoms with Crippen molar-refractivity contribution in [2.75, 3.05) is 58.4 Å². The highest BCUT2D eigenvalue weighted by Gasteiger charge is 2.11. The van der Waals surface area contributed by atoms with Gasteiger partial charge in [0.15, 0.2) is 0 Å². The summed E-state index contributed by atoms with van der Waals surface area (Å²) in [6, 6.07) is 3.62. The summed E-state index contributed by atoms with van der Waals surface area (Å²) in [5.41, 5.74) is 1.69. The molecule has 0 unspecified atom stereocenters. The number of methoxy groups -OCH3 is 1. The molecule has 1 aliphatic heterocycles. The number of rotatable bonds is 7. The van der Waals surface area contributed by atoms with Crippen LogP contribution in [-0.2, 0) is 9.53 Å². The quantitative estimate of drug-likeness (QED) is 0.787. The minimum Gasteiger partial charge on any atom is -0.495 e. The number of nitrogens with one attached hydrogen (secondary N) is 2. The number of anilines is 1. The lowest BCUT2D eigenvalue weighted by Gasteiger charge is -2.26. The number of morpholine rings is 1. The molecule has 1 amide bonds. The number of halogens is 1. The summed E-state index contributed by atoms with van der Waals surface area (Å²) in [7, 11) is 1.58. The molecule has 1 aromatic rings. The molecule has 2 rings (SSSR count). The zero-order chi connectivity index (χ0) is 16.7. The second-order valence-corrected chi connectivity index (χ2v) is 5.87. The monoisotopic (exact) mass is 341 g/mol. The van der Waals surface area contributed by atoms with Crippen LogP contribution >= 0.6 is 11.6 Å². The normalized spacial score (nSPS) is 15.3. The average Bonchev–Trinajstić information content (AvgIpc) is 2.56. The third kappa shape index (κ3) is 5.57. The van der Waals surface area contributed by atoms with Crippen LogP contribution in [0.1, 0.15) is 5.56 Å². The molecule has 1 fully saturated rings. The fraction of sp³-hybridized carbons (Fsp3) is 0.562. The summed E-state index contributed by atoms with van der Waals surface area (Å²) in [4.78, 5) is 14.2. The average molecular weight is 342 g/mol. The molecule has 6 nitrogen and oxygen atoms in total. The second-order valence-electron chi connectivity index (χ2n) is 5.46. The van der Waals surface area contributed by atoms with E-state index < -0.39 is 0 Å². The van der Waals surface area contributed by atoms with Gasteiger partial charge in [-0.2, -0.15) is 0 Å². The Bertz CT molecular complexity index is 534. The number of ether oxygens (including phenoxy) is 2. The number of benzene rings is 1. The highest BCUT2D eigenvalue weighted by Crippen LogP contribution is 2.30. The van der Waals surface area contributed by atoms with Crippen LogP contribution in [0.3, 0.4) is 0 Å². The summed E-state index contributed by atoms with van der Waals surface area (Å²) >= 11 is 6.07. The van der Waals surface area contributed by atoms with E-state index in [0.29, 0.717) is 17.3 Å². The zero-order valence-electron chi connectivity index (χ0n) is 13.7. The lowest BCUT2D eigenvalue weighted by atomic mass is 10.2. The van der Waals surface area contributed by atoms with Gasteiger partial charge < -0.3 is 20.1 Å². The lowest BCUT2D eigenvalue weighted by molar-refractivity contribution is -0.119. The molecule has 0 aromatic heterocycles. The van der Waals surface area contributed by atoms with Crippen molar-refractivity contribution in [3.63, 3.8) is 0 Å². The fourth-order valence-electron chi connectivity index (χ4n) is 2.39. The Hall–Kier alpha value is -1.50. The van der Waals surface area contributed by atoms with Crippen molar-refractivity contribution in [1.29, 1.82) is 0 Å². The van der Waals surface area contributed by atoms with Crippen molar-refractivity contribution in [2.45, 2.75) is 6.92 Å². The maximum atomic E-state index is 11.9. The maximum Gasteiger partial charge on any atom is 0.239 e. The molecule has 1 saturated heterocycles. The molecule has 2 N–H and O–H groups in total. The lowest BCUT2D eigenvalue weighted by Crippen LogP contribution is -2.42. The van der Waals surface area contributed by atoms with E-state index in [4.69, 9.17) is 21.1 Å². The predicted molar refractivity (Wildman–Crippen MR) is 91.5 cm³/mol. The Balaban J connectivity index is 1.74. The number of amides is 1. The standard InChI is InChI=1S/C16H24ClN3O3/c1-12-9-14(15(22-2)10-13(12)17)19-11-16(21)18-3-4-20-5-7-23-8-6-20/h9-10,19H,3-8,11H2,1-2H3,(H,18,21). The molecule has 0 radical (unpaired) electrons. The van der Waals surface area contributed by atoms with E-state index in [-0.39, 0.29) is 12.5 Å². The van der Waals surface area contributed by atoms with Gasteiger partial charge in [-0.05, 0) is 18.6 Å². The highest BCUT2D eigenvalue weighted by molar-refractivity contribution is 6.31. The topological polar surface area (TPSA) is 62.8 Å². The first kappa shape index (κ1) is 17.8. The van der Waals surface area contributed by atoms with Crippen molar-refractivity contribution in [3.8, 4) is 5.75 Å². The van der Waals surface area contributed by atoms with Crippen LogP contribution in [0.25, 0.3) is 0 Å². The van der Waals surface area contributed by atoms with E-state index in [1.807, 2.05) is 13.0 Å². The molecule has 0 bridgehead atoms. The summed E-state index contributed by atoms with van der Waals surface area (Å²) in [5, 5.41) is 6.65. The van der Waals surface area contributed by atoms with Crippen LogP contribution in [0, 0.1) is 6.92 Å². The van der Waals surface area contributed by atoms with Gasteiger partial charge in [-0.1, -0.05) is 11.6 Å². The summed E-state index contributed by atoms with van der Waals surface area (Å²) in [5.74, 6) is 0.578. The molecule has 0 atom stereocenters. The molecular weight excluding hydrogens is 318 g/mol. The minimum absolute atomic E-state index is 0.0482. The number of carbonyl (C=O) groups excluding carboxylic acids is 1. The molecular formula is C16H24ClN3O3. The van der Waals surface area contributed by atoms with Crippen molar-refractivity contribution in [1.82, 2.24) is 10.2 Å². The Kier molecular flexibility index (Phi) is 6.95. The molecule has 0 aliphatic carbocycles. The van der Waals surface area contributed by atoms with Crippen LogP contribution in [-0.4, -0.2) is 63.9 Å². The van der Waals surface area contributed by atoms with Gasteiger partial charge >= 0.3 is 0 Å². The van der Waals surface area contributed by atoms with Crippen molar-refractivity contribution in [3.05, 3.63) is 22.7 Å². The third-order valence-electron chi connectivity index (χ3n) is 3.77. The first-order chi connectivity index (χ1) is 11.1. The van der Waals surface area contributed by atoms with Crippen molar-refractivity contribution < 1.29 is 14.3 Å². The van der Waals surface area contributed by atoms with Crippen molar-refractivity contribution >= 4 is 23.2 Å². The SMILES string of the molecule is COc1cc(Cl)c(C)cc1NCC(=O)NCCN1CCOCC1. The smallest absolute Gasteiger partial charge is 0.239 e. The largest absolute Gasteiger partial charge is 0.495 e. The van der Waals surface area contributed by atoms with E-state index >= 15 is 0 Å². The highest BCUT2D eigenvalue weighted by atomic mass is 35.5. The van der Waals surface area contributed by atoms with Gasteiger partial charge in [0.1, 0.15) is 5.75 Å². The Labute approximate surface area is 142 Å². The van der Waals surface area contributed by atoms with E-state index in [0.717, 1.165) is 44.1 Å². The van der Waals surface area contributed by atoms with Crippen LogP contribution in [0.2, 0.25) is 5.02 Å². The number of aryl methyl sites for hydroxylation is 1. The summed E-state index contributed by atoms with van der Waals surface area (Å²) < 4.78 is 10.6. The molecule has 128 valence electrons. The first-order valence-electron chi connectivity index (χ1n) is 7.75. The van der Waals surface area contributed by atoms with Gasteiger partial charge in [-0.25, -0.2) is 0 Å². The van der Waals surface area contributed by atoms with Gasteiger partial charge in [0.25, 0.3) is 0 Å². The van der Waals surface area contributed by atoms with Gasteiger partial charge in [0, 0.05) is 37.3 Å². The first-order valence-corrected chi connectivity index (χ1v) is 8.12. The molecule has 0 saturated carbocycles. The van der Waals surface area contributed by atoms with Gasteiger partial charge in [-0.15, -0.1) is 0 Å². The predicted octanol–water partition coefficient (Wildman–Crippen LogP) is 1.52. The van der Waals surface area contributed by atoms with Crippen LogP contribution in [0.15, 0.2) is 12.1 Å². The molecule has 1 aliphatic rings. The Morgan fingerprint density at radius 1 is 1.39 bits per heavy atom. The fourth-order valence-corrected chi connectivity index (χ4v) is 2.54. The zero-order valence-corrected chi connectivity index (χ0v) is 14.4. The van der Waals surface area contributed by atoms with E-state index in [2.05, 4.69) is 15.5 Å². The molecule has 23 heavy (non-hydrogen) atoms. The molecule has 1 heterocycles. The van der Waals surface area contributed by atoms with Crippen LogP contribution in [0.4, 0.5) is 5.69 Å². The van der Waals surface area contributed by atoms with Crippen LogP contribution < -0.4 is 15.4 Å². The molecule has 0 spiro atoms. The van der Waals surface area contributed by atoms with Gasteiger partial charge in [0.05, 0.1) is 32.6 Å². The van der Waals surface area contributed by atoms with E-state index in [9.17, 15) is 4.79 Å². The Morgan fingerprint density at radius 2 is 2.13 bits per heavy atom. The van der Waals surface area contributed by atoms with Crippen LogP contribution in [0.5, 0.6) is 5.75 Å². The minimum atomic E-state index is -0.0482. The van der Waals surface area contributed by atoms with E-state index in [1.165, 1.54) is 0 Å². The second kappa shape index (κ2) is 8.96. The summed E-state index contributed by atoms with van der Waals surface area (Å²) in [6.07, 6.45) is 0. The molecule has 1 aromatic carbocycles. The van der Waals surface area contributed by atoms with Gasteiger partial charge in [0.2, 0.25) is 5.91 Å². The number of hydrogen-bond acceptors (Lipinski definition) is 5. The number of nitrogens with zero attached hydrogens (tertiary/aromatic N) is 1. The van der Waals surface area contributed by atoms with Crippen molar-refractivity contribution in [2.24, 2.45) is 0 Å². The summed E-state index contributed by atoms with van der Waals surface area (Å²) in [6.45, 7) is 6.98. The molecule has 7 heteroatoms. The third-order valence-corrected chi connectivity index (χ3v) is 4.18.